The second-order valence-corrected chi connectivity index (χ2v) is 4.37. The Kier molecular flexibility index (Phi) is 3.07. The molecule has 0 spiro atoms. The molecule has 4 heteroatoms. The average Bonchev–Trinajstić information content (AvgIpc) is 2.28. The van der Waals surface area contributed by atoms with Gasteiger partial charge in [-0.25, -0.2) is 0 Å². The van der Waals surface area contributed by atoms with E-state index in [1.54, 1.807) is 0 Å². The maximum absolute atomic E-state index is 11.6. The van der Waals surface area contributed by atoms with Gasteiger partial charge < -0.3 is 10.1 Å². The molecule has 1 unspecified atom stereocenters. The third-order valence-corrected chi connectivity index (χ3v) is 3.41. The fourth-order valence-electron chi connectivity index (χ4n) is 1.89. The van der Waals surface area contributed by atoms with Crippen LogP contribution in [0.3, 0.4) is 0 Å². The molecule has 2 rings (SSSR count). The van der Waals surface area contributed by atoms with Gasteiger partial charge in [0.2, 0.25) is 0 Å². The lowest BCUT2D eigenvalue weighted by atomic mass is 9.91. The predicted octanol–water partition coefficient (Wildman–Crippen LogP) is 1.81. The quantitative estimate of drug-likeness (QED) is 0.791. The van der Waals surface area contributed by atoms with Crippen LogP contribution in [-0.2, 0) is 16.1 Å². The molecule has 0 amide bonds. The molecule has 0 aromatic heterocycles. The van der Waals surface area contributed by atoms with Crippen molar-refractivity contribution >= 4 is 21.9 Å². The Morgan fingerprint density at radius 3 is 3.13 bits per heavy atom. The van der Waals surface area contributed by atoms with Crippen molar-refractivity contribution < 1.29 is 9.53 Å². The van der Waals surface area contributed by atoms with Crippen molar-refractivity contribution in [3.8, 4) is 0 Å². The largest absolute Gasteiger partial charge is 0.469 e. The van der Waals surface area contributed by atoms with Crippen molar-refractivity contribution in [2.24, 2.45) is 0 Å². The van der Waals surface area contributed by atoms with Gasteiger partial charge in [0.15, 0.2) is 0 Å². The molecule has 1 aliphatic rings. The van der Waals surface area contributed by atoms with E-state index in [1.165, 1.54) is 7.11 Å². The number of hydrogen-bond acceptors (Lipinski definition) is 3. The molecular weight excluding hydrogens is 258 g/mol. The zero-order valence-electron chi connectivity index (χ0n) is 8.42. The van der Waals surface area contributed by atoms with E-state index in [2.05, 4.69) is 21.2 Å². The minimum atomic E-state index is -0.184. The Bertz CT molecular complexity index is 392. The molecule has 1 atom stereocenters. The van der Waals surface area contributed by atoms with E-state index < -0.39 is 0 Å². The second-order valence-electron chi connectivity index (χ2n) is 3.51. The molecule has 3 nitrogen and oxygen atoms in total. The first-order valence-corrected chi connectivity index (χ1v) is 5.59. The van der Waals surface area contributed by atoms with Crippen LogP contribution in [0.15, 0.2) is 22.7 Å². The molecule has 1 heterocycles. The summed E-state index contributed by atoms with van der Waals surface area (Å²) in [4.78, 5) is 11.6. The maximum Gasteiger partial charge on any atom is 0.314 e. The highest BCUT2D eigenvalue weighted by molar-refractivity contribution is 9.10. The third kappa shape index (κ3) is 1.92. The molecule has 0 fully saturated rings. The van der Waals surface area contributed by atoms with Gasteiger partial charge in [-0.15, -0.1) is 0 Å². The molecule has 0 aliphatic carbocycles. The first-order valence-electron chi connectivity index (χ1n) is 4.80. The molecule has 0 bridgehead atoms. The summed E-state index contributed by atoms with van der Waals surface area (Å²) in [5.74, 6) is -0.363. The van der Waals surface area contributed by atoms with Crippen LogP contribution >= 0.6 is 15.9 Å². The van der Waals surface area contributed by atoms with Crippen molar-refractivity contribution in [2.75, 3.05) is 13.7 Å². The summed E-state index contributed by atoms with van der Waals surface area (Å²) in [5, 5.41) is 3.22. The number of methoxy groups -OCH3 is 1. The van der Waals surface area contributed by atoms with Crippen LogP contribution in [0.5, 0.6) is 0 Å². The summed E-state index contributed by atoms with van der Waals surface area (Å²) < 4.78 is 5.83. The SMILES string of the molecule is COC(=O)C1CNCc2c(Br)cccc21. The number of esters is 1. The van der Waals surface area contributed by atoms with Crippen LogP contribution in [0.2, 0.25) is 0 Å². The van der Waals surface area contributed by atoms with Crippen LogP contribution < -0.4 is 5.32 Å². The zero-order valence-corrected chi connectivity index (χ0v) is 10.0. The summed E-state index contributed by atoms with van der Waals surface area (Å²) >= 11 is 3.49. The Labute approximate surface area is 96.9 Å². The van der Waals surface area contributed by atoms with Gasteiger partial charge in [-0.2, -0.15) is 0 Å². The molecule has 0 saturated heterocycles. The first-order chi connectivity index (χ1) is 7.24. The van der Waals surface area contributed by atoms with Crippen molar-refractivity contribution in [1.82, 2.24) is 5.32 Å². The standard InChI is InChI=1S/C11H12BrNO2/c1-15-11(14)9-6-13-5-8-7(9)3-2-4-10(8)12/h2-4,9,13H,5-6H2,1H3. The van der Waals surface area contributed by atoms with Crippen molar-refractivity contribution in [3.63, 3.8) is 0 Å². The van der Waals surface area contributed by atoms with E-state index in [0.717, 1.165) is 22.1 Å². The van der Waals surface area contributed by atoms with Gasteiger partial charge in [-0.1, -0.05) is 28.1 Å². The number of carbonyl (C=O) groups is 1. The van der Waals surface area contributed by atoms with Gasteiger partial charge in [0.1, 0.15) is 0 Å². The zero-order chi connectivity index (χ0) is 10.8. The monoisotopic (exact) mass is 269 g/mol. The maximum atomic E-state index is 11.6. The number of fused-ring (bicyclic) bond motifs is 1. The van der Waals surface area contributed by atoms with E-state index in [1.807, 2.05) is 18.2 Å². The highest BCUT2D eigenvalue weighted by atomic mass is 79.9. The summed E-state index contributed by atoms with van der Waals surface area (Å²) in [5.41, 5.74) is 2.22. The van der Waals surface area contributed by atoms with E-state index in [0.29, 0.717) is 6.54 Å². The van der Waals surface area contributed by atoms with Crippen LogP contribution in [0.1, 0.15) is 17.0 Å². The molecule has 1 aliphatic heterocycles. The molecule has 1 aromatic rings. The topological polar surface area (TPSA) is 38.3 Å². The van der Waals surface area contributed by atoms with Crippen molar-refractivity contribution in [1.29, 1.82) is 0 Å². The Hall–Kier alpha value is -0.870. The molecular formula is C11H12BrNO2. The highest BCUT2D eigenvalue weighted by Gasteiger charge is 2.27. The normalized spacial score (nSPS) is 19.5. The van der Waals surface area contributed by atoms with Gasteiger partial charge in [0.25, 0.3) is 0 Å². The lowest BCUT2D eigenvalue weighted by Crippen LogP contribution is -2.33. The number of hydrogen-bond donors (Lipinski definition) is 1. The minimum Gasteiger partial charge on any atom is -0.469 e. The number of halogens is 1. The van der Waals surface area contributed by atoms with Gasteiger partial charge in [0.05, 0.1) is 13.0 Å². The lowest BCUT2D eigenvalue weighted by Gasteiger charge is -2.25. The third-order valence-electron chi connectivity index (χ3n) is 2.67. The van der Waals surface area contributed by atoms with Gasteiger partial charge >= 0.3 is 5.97 Å². The summed E-state index contributed by atoms with van der Waals surface area (Å²) in [6.07, 6.45) is 0. The first kappa shape index (κ1) is 10.6. The van der Waals surface area contributed by atoms with E-state index in [-0.39, 0.29) is 11.9 Å². The van der Waals surface area contributed by atoms with Crippen molar-refractivity contribution in [3.05, 3.63) is 33.8 Å². The summed E-state index contributed by atoms with van der Waals surface area (Å²) in [6, 6.07) is 5.92. The number of ether oxygens (including phenoxy) is 1. The molecule has 0 saturated carbocycles. The number of carbonyl (C=O) groups excluding carboxylic acids is 1. The van der Waals surface area contributed by atoms with Crippen LogP contribution in [0.25, 0.3) is 0 Å². The van der Waals surface area contributed by atoms with E-state index >= 15 is 0 Å². The van der Waals surface area contributed by atoms with Gasteiger partial charge in [-0.3, -0.25) is 4.79 Å². The molecule has 80 valence electrons. The number of benzene rings is 1. The predicted molar refractivity (Wildman–Crippen MR) is 60.6 cm³/mol. The lowest BCUT2D eigenvalue weighted by molar-refractivity contribution is -0.142. The molecule has 1 aromatic carbocycles. The average molecular weight is 270 g/mol. The fraction of sp³-hybridized carbons (Fsp3) is 0.364. The van der Waals surface area contributed by atoms with Gasteiger partial charge in [0, 0.05) is 17.6 Å². The van der Waals surface area contributed by atoms with Gasteiger partial charge in [-0.05, 0) is 17.2 Å². The van der Waals surface area contributed by atoms with Crippen LogP contribution in [0.4, 0.5) is 0 Å². The summed E-state index contributed by atoms with van der Waals surface area (Å²) in [7, 11) is 1.43. The Morgan fingerprint density at radius 1 is 1.60 bits per heavy atom. The highest BCUT2D eigenvalue weighted by Crippen LogP contribution is 2.30. The molecule has 0 radical (unpaired) electrons. The Morgan fingerprint density at radius 2 is 2.40 bits per heavy atom. The summed E-state index contributed by atoms with van der Waals surface area (Å²) in [6.45, 7) is 1.44. The van der Waals surface area contributed by atoms with Crippen molar-refractivity contribution in [2.45, 2.75) is 12.5 Å². The fourth-order valence-corrected chi connectivity index (χ4v) is 2.41. The minimum absolute atomic E-state index is 0.179. The molecule has 1 N–H and O–H groups in total. The number of nitrogens with one attached hydrogen (secondary N) is 1. The smallest absolute Gasteiger partial charge is 0.314 e. The van der Waals surface area contributed by atoms with Crippen LogP contribution in [-0.4, -0.2) is 19.6 Å². The number of rotatable bonds is 1. The Balaban J connectivity index is 2.42. The van der Waals surface area contributed by atoms with E-state index in [4.69, 9.17) is 4.74 Å². The molecule has 15 heavy (non-hydrogen) atoms. The van der Waals surface area contributed by atoms with E-state index in [9.17, 15) is 4.79 Å². The second kappa shape index (κ2) is 4.33. The van der Waals surface area contributed by atoms with Crippen LogP contribution in [0, 0.1) is 0 Å².